The number of aliphatic imine (C=N–C) groups is 1. The predicted molar refractivity (Wildman–Crippen MR) is 117 cm³/mol. The lowest BCUT2D eigenvalue weighted by Crippen LogP contribution is -2.43. The third kappa shape index (κ3) is 5.91. The van der Waals surface area contributed by atoms with Crippen molar-refractivity contribution in [1.29, 1.82) is 0 Å². The molecule has 28 heavy (non-hydrogen) atoms. The Hall–Kier alpha value is -1.68. The number of halogens is 3. The highest BCUT2D eigenvalue weighted by molar-refractivity contribution is 14.0. The van der Waals surface area contributed by atoms with Gasteiger partial charge in [-0.15, -0.1) is 24.0 Å². The Morgan fingerprint density at radius 3 is 2.46 bits per heavy atom. The number of nitrogens with one attached hydrogen (secondary N) is 2. The molecular weight excluding hydrogens is 477 g/mol. The van der Waals surface area contributed by atoms with Crippen LogP contribution >= 0.6 is 24.0 Å². The van der Waals surface area contributed by atoms with Crippen LogP contribution in [-0.4, -0.2) is 44.1 Å². The topological polar surface area (TPSA) is 52.8 Å². The molecule has 2 aromatic rings. The Balaban J connectivity index is 0.00000280. The zero-order valence-corrected chi connectivity index (χ0v) is 18.3. The average Bonchev–Trinajstić information content (AvgIpc) is 3.37. The summed E-state index contributed by atoms with van der Waals surface area (Å²) < 4.78 is 33.0. The maximum atomic E-state index is 13.7. The van der Waals surface area contributed by atoms with Gasteiger partial charge in [-0.3, -0.25) is 9.89 Å². The second-order valence-corrected chi connectivity index (χ2v) is 6.60. The van der Waals surface area contributed by atoms with Crippen LogP contribution in [0.3, 0.4) is 0 Å². The minimum atomic E-state index is -0.522. The molecule has 8 heteroatoms. The molecule has 0 bridgehead atoms. The van der Waals surface area contributed by atoms with E-state index in [-0.39, 0.29) is 42.0 Å². The largest absolute Gasteiger partial charge is 0.468 e. The minimum absolute atomic E-state index is 0. The first-order valence-corrected chi connectivity index (χ1v) is 9.34. The van der Waals surface area contributed by atoms with Crippen LogP contribution in [0.5, 0.6) is 0 Å². The molecule has 1 aromatic carbocycles. The van der Waals surface area contributed by atoms with E-state index >= 15 is 0 Å². The van der Waals surface area contributed by atoms with E-state index in [1.165, 1.54) is 31.0 Å². The zero-order chi connectivity index (χ0) is 19.1. The Labute approximate surface area is 181 Å². The Morgan fingerprint density at radius 2 is 1.86 bits per heavy atom. The molecule has 154 valence electrons. The quantitative estimate of drug-likeness (QED) is 0.343. The molecule has 5 nitrogen and oxygen atoms in total. The second kappa shape index (κ2) is 11.4. The summed E-state index contributed by atoms with van der Waals surface area (Å²) in [6.45, 7) is 3.12. The summed E-state index contributed by atoms with van der Waals surface area (Å²) in [6.07, 6.45) is 4.32. The zero-order valence-electron chi connectivity index (χ0n) is 16.0. The lowest BCUT2D eigenvalue weighted by atomic mass is 10.1. The number of hydrogen-bond donors (Lipinski definition) is 2. The van der Waals surface area contributed by atoms with E-state index in [0.29, 0.717) is 19.0 Å². The van der Waals surface area contributed by atoms with Crippen LogP contribution in [-0.2, 0) is 6.42 Å². The van der Waals surface area contributed by atoms with Crippen molar-refractivity contribution in [2.75, 3.05) is 33.2 Å². The maximum absolute atomic E-state index is 13.7. The number of likely N-dealkylation sites (tertiary alicyclic amines) is 1. The fraction of sp³-hybridized carbons (Fsp3) is 0.450. The SMILES string of the molecule is CN=C(NCCc1c(F)cccc1F)NCC(c1ccco1)N1CCCC1.I. The summed E-state index contributed by atoms with van der Waals surface area (Å²) in [4.78, 5) is 6.60. The van der Waals surface area contributed by atoms with E-state index < -0.39 is 11.6 Å². The summed E-state index contributed by atoms with van der Waals surface area (Å²) in [6, 6.07) is 7.93. The highest BCUT2D eigenvalue weighted by Crippen LogP contribution is 2.24. The Bertz CT molecular complexity index is 728. The highest BCUT2D eigenvalue weighted by atomic mass is 127. The number of rotatable bonds is 7. The van der Waals surface area contributed by atoms with Crippen molar-refractivity contribution < 1.29 is 13.2 Å². The third-order valence-corrected chi connectivity index (χ3v) is 4.87. The Kier molecular flexibility index (Phi) is 9.17. The molecule has 1 saturated heterocycles. The maximum Gasteiger partial charge on any atom is 0.191 e. The van der Waals surface area contributed by atoms with Crippen LogP contribution in [0.25, 0.3) is 0 Å². The predicted octanol–water partition coefficient (Wildman–Crippen LogP) is 3.72. The van der Waals surface area contributed by atoms with Crippen molar-refractivity contribution in [2.45, 2.75) is 25.3 Å². The van der Waals surface area contributed by atoms with Gasteiger partial charge in [0.15, 0.2) is 5.96 Å². The van der Waals surface area contributed by atoms with Gasteiger partial charge in [0.1, 0.15) is 17.4 Å². The van der Waals surface area contributed by atoms with Gasteiger partial charge in [-0.2, -0.15) is 0 Å². The minimum Gasteiger partial charge on any atom is -0.468 e. The van der Waals surface area contributed by atoms with Crippen molar-refractivity contribution in [3.8, 4) is 0 Å². The number of hydrogen-bond acceptors (Lipinski definition) is 3. The van der Waals surface area contributed by atoms with Gasteiger partial charge in [-0.25, -0.2) is 8.78 Å². The fourth-order valence-corrected chi connectivity index (χ4v) is 3.43. The van der Waals surface area contributed by atoms with Gasteiger partial charge in [-0.05, 0) is 56.6 Å². The van der Waals surface area contributed by atoms with E-state index in [0.717, 1.165) is 18.8 Å². The van der Waals surface area contributed by atoms with Gasteiger partial charge in [-0.1, -0.05) is 6.07 Å². The lowest BCUT2D eigenvalue weighted by molar-refractivity contribution is 0.215. The van der Waals surface area contributed by atoms with Crippen LogP contribution in [0.2, 0.25) is 0 Å². The highest BCUT2D eigenvalue weighted by Gasteiger charge is 2.25. The number of benzene rings is 1. The van der Waals surface area contributed by atoms with Crippen molar-refractivity contribution in [3.63, 3.8) is 0 Å². The van der Waals surface area contributed by atoms with Crippen molar-refractivity contribution in [3.05, 3.63) is 59.6 Å². The average molecular weight is 504 g/mol. The molecule has 3 rings (SSSR count). The lowest BCUT2D eigenvalue weighted by Gasteiger charge is -2.26. The molecule has 0 amide bonds. The number of furan rings is 1. The molecule has 1 unspecified atom stereocenters. The van der Waals surface area contributed by atoms with Gasteiger partial charge < -0.3 is 15.1 Å². The summed E-state index contributed by atoms with van der Waals surface area (Å²) in [5, 5.41) is 6.42. The molecule has 0 radical (unpaired) electrons. The first-order valence-electron chi connectivity index (χ1n) is 9.34. The molecule has 2 heterocycles. The van der Waals surface area contributed by atoms with Gasteiger partial charge in [0, 0.05) is 25.7 Å². The van der Waals surface area contributed by atoms with Crippen LogP contribution < -0.4 is 10.6 Å². The summed E-state index contributed by atoms with van der Waals surface area (Å²) in [5.41, 5.74) is 0.0889. The van der Waals surface area contributed by atoms with E-state index in [1.807, 2.05) is 12.1 Å². The van der Waals surface area contributed by atoms with E-state index in [9.17, 15) is 8.78 Å². The molecule has 1 atom stereocenters. The number of guanidine groups is 1. The van der Waals surface area contributed by atoms with E-state index in [2.05, 4.69) is 20.5 Å². The van der Waals surface area contributed by atoms with Gasteiger partial charge in [0.25, 0.3) is 0 Å². The summed E-state index contributed by atoms with van der Waals surface area (Å²) >= 11 is 0. The van der Waals surface area contributed by atoms with E-state index in [1.54, 1.807) is 13.3 Å². The van der Waals surface area contributed by atoms with Gasteiger partial charge in [0.2, 0.25) is 0 Å². The molecule has 0 saturated carbocycles. The molecule has 1 aliphatic heterocycles. The smallest absolute Gasteiger partial charge is 0.191 e. The van der Waals surface area contributed by atoms with Gasteiger partial charge in [0.05, 0.1) is 12.3 Å². The van der Waals surface area contributed by atoms with Crippen LogP contribution in [0.15, 0.2) is 46.0 Å². The van der Waals surface area contributed by atoms with Crippen molar-refractivity contribution in [1.82, 2.24) is 15.5 Å². The first-order chi connectivity index (χ1) is 13.2. The van der Waals surface area contributed by atoms with E-state index in [4.69, 9.17) is 4.42 Å². The van der Waals surface area contributed by atoms with Crippen LogP contribution in [0.4, 0.5) is 8.78 Å². The summed E-state index contributed by atoms with van der Waals surface area (Å²) in [5.74, 6) is 0.481. The third-order valence-electron chi connectivity index (χ3n) is 4.87. The molecule has 1 aromatic heterocycles. The standard InChI is InChI=1S/C20H26F2N4O.HI/c1-23-20(24-10-9-15-16(21)6-4-7-17(15)22)25-14-18(19-8-5-13-27-19)26-11-2-3-12-26;/h4-8,13,18H,2-3,9-12,14H2,1H3,(H2,23,24,25);1H. The fourth-order valence-electron chi connectivity index (χ4n) is 3.43. The molecule has 0 spiro atoms. The molecular formula is C20H27F2IN4O. The molecule has 0 aliphatic carbocycles. The first kappa shape index (κ1) is 22.6. The number of nitrogens with zero attached hydrogens (tertiary/aromatic N) is 2. The molecule has 1 fully saturated rings. The molecule has 1 aliphatic rings. The van der Waals surface area contributed by atoms with Gasteiger partial charge >= 0.3 is 0 Å². The second-order valence-electron chi connectivity index (χ2n) is 6.60. The van der Waals surface area contributed by atoms with Crippen molar-refractivity contribution in [2.24, 2.45) is 4.99 Å². The Morgan fingerprint density at radius 1 is 1.14 bits per heavy atom. The van der Waals surface area contributed by atoms with Crippen molar-refractivity contribution >= 4 is 29.9 Å². The monoisotopic (exact) mass is 504 g/mol. The normalized spacial score (nSPS) is 15.9. The van der Waals surface area contributed by atoms with Crippen LogP contribution in [0.1, 0.15) is 30.2 Å². The van der Waals surface area contributed by atoms with Crippen LogP contribution in [0, 0.1) is 11.6 Å². The summed E-state index contributed by atoms with van der Waals surface area (Å²) in [7, 11) is 1.68. The molecule has 2 N–H and O–H groups in total.